The Hall–Kier alpha value is -2.45. The lowest BCUT2D eigenvalue weighted by Crippen LogP contribution is -2.49. The summed E-state index contributed by atoms with van der Waals surface area (Å²) in [5.74, 6) is 1.01. The first kappa shape index (κ1) is 19.8. The van der Waals surface area contributed by atoms with Gasteiger partial charge in [0.1, 0.15) is 0 Å². The summed E-state index contributed by atoms with van der Waals surface area (Å²) in [6.07, 6.45) is 1.72. The molecule has 4 rings (SSSR count). The second-order valence-electron chi connectivity index (χ2n) is 7.41. The Labute approximate surface area is 174 Å². The zero-order chi connectivity index (χ0) is 20.5. The minimum atomic E-state index is -0.0893. The molecule has 0 unspecified atom stereocenters. The number of nitrogens with zero attached hydrogens (tertiary/aromatic N) is 5. The van der Waals surface area contributed by atoms with E-state index in [4.69, 9.17) is 0 Å². The maximum absolute atomic E-state index is 11.7. The fraction of sp³-hybridized carbons (Fsp3) is 0.476. The number of carbonyl (C=O) groups is 1. The first-order chi connectivity index (χ1) is 14.0. The van der Waals surface area contributed by atoms with Crippen molar-refractivity contribution < 1.29 is 9.90 Å². The van der Waals surface area contributed by atoms with E-state index >= 15 is 0 Å². The molecule has 8 heteroatoms. The number of piperazine rings is 1. The highest BCUT2D eigenvalue weighted by molar-refractivity contribution is 7.17. The van der Waals surface area contributed by atoms with Gasteiger partial charge in [-0.3, -0.25) is 9.69 Å². The van der Waals surface area contributed by atoms with Crippen LogP contribution in [0, 0.1) is 0 Å². The predicted molar refractivity (Wildman–Crippen MR) is 113 cm³/mol. The number of aromatic nitrogens is 3. The summed E-state index contributed by atoms with van der Waals surface area (Å²) in [6.45, 7) is 8.67. The SMILES string of the molecule is CCc1ccc([C@H](c2sc3nc(CC)nn3c2O)N2CCN(C(C)=O)CC2)cc1. The third kappa shape index (κ3) is 3.74. The number of carbonyl (C=O) groups excluding carboxylic acids is 1. The highest BCUT2D eigenvalue weighted by atomic mass is 32.1. The zero-order valence-electron chi connectivity index (χ0n) is 17.1. The van der Waals surface area contributed by atoms with Gasteiger partial charge in [-0.2, -0.15) is 4.52 Å². The van der Waals surface area contributed by atoms with Crippen molar-refractivity contribution in [1.82, 2.24) is 24.4 Å². The summed E-state index contributed by atoms with van der Waals surface area (Å²) in [5.41, 5.74) is 2.42. The van der Waals surface area contributed by atoms with Gasteiger partial charge in [-0.1, -0.05) is 49.4 Å². The molecule has 3 heterocycles. The minimum absolute atomic E-state index is 0.0893. The van der Waals surface area contributed by atoms with Crippen molar-refractivity contribution in [3.05, 3.63) is 46.1 Å². The molecule has 1 amide bonds. The molecule has 0 aliphatic carbocycles. The third-order valence-corrected chi connectivity index (χ3v) is 6.71. The van der Waals surface area contributed by atoms with Gasteiger partial charge in [-0.25, -0.2) is 4.98 Å². The van der Waals surface area contributed by atoms with E-state index in [1.807, 2.05) is 11.8 Å². The van der Waals surface area contributed by atoms with Gasteiger partial charge in [0.05, 0.1) is 10.9 Å². The topological polar surface area (TPSA) is 74.0 Å². The van der Waals surface area contributed by atoms with E-state index in [1.54, 1.807) is 11.4 Å². The molecular formula is C21H27N5O2S. The van der Waals surface area contributed by atoms with Crippen LogP contribution in [-0.2, 0) is 17.6 Å². The summed E-state index contributed by atoms with van der Waals surface area (Å²) in [7, 11) is 0. The molecule has 0 saturated carbocycles. The molecule has 154 valence electrons. The number of aromatic hydroxyl groups is 1. The second-order valence-corrected chi connectivity index (χ2v) is 8.41. The molecule has 1 saturated heterocycles. The molecule has 1 aromatic carbocycles. The normalized spacial score (nSPS) is 16.4. The summed E-state index contributed by atoms with van der Waals surface area (Å²) in [6, 6.07) is 8.50. The van der Waals surface area contributed by atoms with Gasteiger partial charge in [-0.15, -0.1) is 5.10 Å². The highest BCUT2D eigenvalue weighted by Crippen LogP contribution is 2.40. The predicted octanol–water partition coefficient (Wildman–Crippen LogP) is 2.87. The van der Waals surface area contributed by atoms with Gasteiger partial charge >= 0.3 is 0 Å². The average molecular weight is 414 g/mol. The van der Waals surface area contributed by atoms with Crippen molar-refractivity contribution in [2.75, 3.05) is 26.2 Å². The molecular weight excluding hydrogens is 386 g/mol. The summed E-state index contributed by atoms with van der Waals surface area (Å²) >= 11 is 1.49. The number of hydrogen-bond acceptors (Lipinski definition) is 6. The summed E-state index contributed by atoms with van der Waals surface area (Å²) in [4.78, 5) is 22.1. The molecule has 0 bridgehead atoms. The molecule has 1 aliphatic heterocycles. The van der Waals surface area contributed by atoms with Crippen LogP contribution in [0.25, 0.3) is 4.96 Å². The fourth-order valence-electron chi connectivity index (χ4n) is 3.88. The molecule has 29 heavy (non-hydrogen) atoms. The van der Waals surface area contributed by atoms with Crippen LogP contribution in [0.2, 0.25) is 0 Å². The first-order valence-electron chi connectivity index (χ1n) is 10.2. The fourth-order valence-corrected chi connectivity index (χ4v) is 5.01. The van der Waals surface area contributed by atoms with Gasteiger partial charge in [0, 0.05) is 39.5 Å². The van der Waals surface area contributed by atoms with Gasteiger partial charge in [0.15, 0.2) is 5.82 Å². The number of aryl methyl sites for hydroxylation is 2. The van der Waals surface area contributed by atoms with E-state index in [0.717, 1.165) is 42.2 Å². The largest absolute Gasteiger partial charge is 0.492 e. The number of thiazole rings is 1. The maximum atomic E-state index is 11.7. The van der Waals surface area contributed by atoms with Crippen LogP contribution < -0.4 is 0 Å². The number of rotatable bonds is 5. The summed E-state index contributed by atoms with van der Waals surface area (Å²) < 4.78 is 1.55. The Bertz CT molecular complexity index is 1000. The van der Waals surface area contributed by atoms with E-state index in [1.165, 1.54) is 16.9 Å². The Morgan fingerprint density at radius 1 is 1.14 bits per heavy atom. The van der Waals surface area contributed by atoms with Crippen molar-refractivity contribution in [3.63, 3.8) is 0 Å². The highest BCUT2D eigenvalue weighted by Gasteiger charge is 2.32. The lowest BCUT2D eigenvalue weighted by Gasteiger charge is -2.38. The average Bonchev–Trinajstić information content (AvgIpc) is 3.28. The number of fused-ring (bicyclic) bond motifs is 1. The van der Waals surface area contributed by atoms with Crippen molar-refractivity contribution >= 4 is 22.2 Å². The van der Waals surface area contributed by atoms with Gasteiger partial charge < -0.3 is 10.0 Å². The minimum Gasteiger partial charge on any atom is -0.492 e. The van der Waals surface area contributed by atoms with Crippen LogP contribution in [-0.4, -0.2) is 61.6 Å². The maximum Gasteiger partial charge on any atom is 0.230 e. The number of amides is 1. The van der Waals surface area contributed by atoms with Crippen LogP contribution >= 0.6 is 11.3 Å². The van der Waals surface area contributed by atoms with E-state index in [2.05, 4.69) is 46.2 Å². The molecule has 1 fully saturated rings. The smallest absolute Gasteiger partial charge is 0.230 e. The Morgan fingerprint density at radius 3 is 2.38 bits per heavy atom. The summed E-state index contributed by atoms with van der Waals surface area (Å²) in [5, 5.41) is 15.4. The van der Waals surface area contributed by atoms with Crippen LogP contribution in [0.15, 0.2) is 24.3 Å². The van der Waals surface area contributed by atoms with Gasteiger partial charge in [0.2, 0.25) is 16.7 Å². The Morgan fingerprint density at radius 2 is 1.83 bits per heavy atom. The lowest BCUT2D eigenvalue weighted by molar-refractivity contribution is -0.130. The van der Waals surface area contributed by atoms with Crippen molar-refractivity contribution in [2.45, 2.75) is 39.7 Å². The number of benzene rings is 1. The number of hydrogen-bond donors (Lipinski definition) is 1. The van der Waals surface area contributed by atoms with E-state index in [9.17, 15) is 9.90 Å². The van der Waals surface area contributed by atoms with Crippen molar-refractivity contribution in [1.29, 1.82) is 0 Å². The third-order valence-electron chi connectivity index (χ3n) is 5.64. The molecule has 1 aliphatic rings. The van der Waals surface area contributed by atoms with Crippen molar-refractivity contribution in [2.24, 2.45) is 0 Å². The molecule has 3 aromatic rings. The van der Waals surface area contributed by atoms with Gasteiger partial charge in [0.25, 0.3) is 0 Å². The second kappa shape index (κ2) is 8.12. The Kier molecular flexibility index (Phi) is 5.56. The van der Waals surface area contributed by atoms with Crippen LogP contribution in [0.5, 0.6) is 5.88 Å². The molecule has 7 nitrogen and oxygen atoms in total. The molecule has 0 spiro atoms. The van der Waals surface area contributed by atoms with Crippen LogP contribution in [0.4, 0.5) is 0 Å². The first-order valence-corrected chi connectivity index (χ1v) is 11.0. The van der Waals surface area contributed by atoms with Crippen LogP contribution in [0.1, 0.15) is 48.6 Å². The molecule has 1 N–H and O–H groups in total. The molecule has 2 aromatic heterocycles. The Balaban J connectivity index is 1.73. The van der Waals surface area contributed by atoms with E-state index < -0.39 is 0 Å². The van der Waals surface area contributed by atoms with Crippen LogP contribution in [0.3, 0.4) is 0 Å². The monoisotopic (exact) mass is 413 g/mol. The molecule has 0 radical (unpaired) electrons. The standard InChI is InChI=1S/C21H27N5O2S/c1-4-15-6-8-16(9-7-15)18(25-12-10-24(11-13-25)14(3)27)19-20(28)26-21(29-19)22-17(5-2)23-26/h6-9,18,28H,4-5,10-13H2,1-3H3/t18-/m1/s1. The van der Waals surface area contributed by atoms with E-state index in [0.29, 0.717) is 18.1 Å². The van der Waals surface area contributed by atoms with Gasteiger partial charge in [-0.05, 0) is 17.5 Å². The van der Waals surface area contributed by atoms with E-state index in [-0.39, 0.29) is 17.8 Å². The lowest BCUT2D eigenvalue weighted by atomic mass is 10.0. The quantitative estimate of drug-likeness (QED) is 0.696. The zero-order valence-corrected chi connectivity index (χ0v) is 17.9. The van der Waals surface area contributed by atoms with Crippen molar-refractivity contribution in [3.8, 4) is 5.88 Å². The molecule has 1 atom stereocenters.